The van der Waals surface area contributed by atoms with Gasteiger partial charge in [0.1, 0.15) is 11.6 Å². The summed E-state index contributed by atoms with van der Waals surface area (Å²) in [5, 5.41) is 0. The Bertz CT molecular complexity index is 618. The fraction of sp³-hybridized carbons (Fsp3) is 0.0625. The van der Waals surface area contributed by atoms with Gasteiger partial charge in [0.2, 0.25) is 0 Å². The molecule has 2 nitrogen and oxygen atoms in total. The van der Waals surface area contributed by atoms with Crippen LogP contribution in [0, 0.1) is 5.82 Å². The van der Waals surface area contributed by atoms with Gasteiger partial charge >= 0.3 is 0 Å². The van der Waals surface area contributed by atoms with Gasteiger partial charge in [-0.1, -0.05) is 30.3 Å². The van der Waals surface area contributed by atoms with Gasteiger partial charge in [-0.15, -0.1) is 0 Å². The molecule has 2 aromatic rings. The number of methoxy groups -OCH3 is 1. The Morgan fingerprint density at radius 3 is 2.68 bits per heavy atom. The van der Waals surface area contributed by atoms with E-state index in [9.17, 15) is 9.18 Å². The van der Waals surface area contributed by atoms with Crippen LogP contribution in [0.2, 0.25) is 0 Å². The molecule has 0 aliphatic heterocycles. The van der Waals surface area contributed by atoms with Crippen LogP contribution in [-0.4, -0.2) is 12.9 Å². The molecular formula is C16H13FO2. The number of benzene rings is 2. The molecule has 96 valence electrons. The number of ether oxygens (including phenoxy) is 1. The third kappa shape index (κ3) is 3.52. The van der Waals surface area contributed by atoms with Gasteiger partial charge in [-0.05, 0) is 35.9 Å². The number of ketones is 1. The third-order valence-electron chi connectivity index (χ3n) is 2.63. The highest BCUT2D eigenvalue weighted by Crippen LogP contribution is 2.14. The average molecular weight is 256 g/mol. The second kappa shape index (κ2) is 5.96. The molecule has 3 heteroatoms. The van der Waals surface area contributed by atoms with E-state index in [1.54, 1.807) is 49.6 Å². The van der Waals surface area contributed by atoms with Gasteiger partial charge in [-0.2, -0.15) is 0 Å². The predicted molar refractivity (Wildman–Crippen MR) is 72.8 cm³/mol. The lowest BCUT2D eigenvalue weighted by Crippen LogP contribution is -1.94. The van der Waals surface area contributed by atoms with Crippen LogP contribution in [0.4, 0.5) is 4.39 Å². The van der Waals surface area contributed by atoms with Crippen LogP contribution in [-0.2, 0) is 0 Å². The molecule has 0 atom stereocenters. The van der Waals surface area contributed by atoms with Crippen LogP contribution >= 0.6 is 0 Å². The first-order valence-electron chi connectivity index (χ1n) is 5.81. The van der Waals surface area contributed by atoms with E-state index in [-0.39, 0.29) is 11.6 Å². The summed E-state index contributed by atoms with van der Waals surface area (Å²) in [5.41, 5.74) is 1.18. The van der Waals surface area contributed by atoms with Gasteiger partial charge in [0.15, 0.2) is 5.78 Å². The van der Waals surface area contributed by atoms with E-state index in [0.717, 1.165) is 0 Å². The average Bonchev–Trinajstić information content (AvgIpc) is 2.45. The summed E-state index contributed by atoms with van der Waals surface area (Å²) in [6.07, 6.45) is 3.01. The summed E-state index contributed by atoms with van der Waals surface area (Å²) in [6.45, 7) is 0. The summed E-state index contributed by atoms with van der Waals surface area (Å²) in [7, 11) is 1.55. The lowest BCUT2D eigenvalue weighted by Gasteiger charge is -2.01. The second-order valence-electron chi connectivity index (χ2n) is 3.98. The molecule has 0 amide bonds. The molecule has 0 heterocycles. The number of carbonyl (C=O) groups is 1. The highest BCUT2D eigenvalue weighted by atomic mass is 19.1. The second-order valence-corrected chi connectivity index (χ2v) is 3.98. The van der Waals surface area contributed by atoms with Crippen molar-refractivity contribution in [2.75, 3.05) is 7.11 Å². The number of rotatable bonds is 4. The summed E-state index contributed by atoms with van der Waals surface area (Å²) in [5.74, 6) is 0.157. The number of halogens is 1. The first-order chi connectivity index (χ1) is 9.19. The van der Waals surface area contributed by atoms with Crippen LogP contribution < -0.4 is 4.74 Å². The van der Waals surface area contributed by atoms with Crippen molar-refractivity contribution in [1.29, 1.82) is 0 Å². The zero-order valence-electron chi connectivity index (χ0n) is 10.5. The van der Waals surface area contributed by atoms with Crippen molar-refractivity contribution in [2.45, 2.75) is 0 Å². The maximum Gasteiger partial charge on any atom is 0.185 e. The Balaban J connectivity index is 2.16. The maximum atomic E-state index is 13.0. The van der Waals surface area contributed by atoms with Crippen LogP contribution in [0.1, 0.15) is 15.9 Å². The van der Waals surface area contributed by atoms with E-state index >= 15 is 0 Å². The smallest absolute Gasteiger partial charge is 0.185 e. The van der Waals surface area contributed by atoms with Crippen molar-refractivity contribution in [3.63, 3.8) is 0 Å². The topological polar surface area (TPSA) is 26.3 Å². The van der Waals surface area contributed by atoms with E-state index < -0.39 is 0 Å². The molecule has 2 aromatic carbocycles. The normalized spacial score (nSPS) is 10.6. The van der Waals surface area contributed by atoms with E-state index in [1.807, 2.05) is 0 Å². The number of allylic oxidation sites excluding steroid dienone is 1. The largest absolute Gasteiger partial charge is 0.497 e. The minimum Gasteiger partial charge on any atom is -0.497 e. The maximum absolute atomic E-state index is 13.0. The highest BCUT2D eigenvalue weighted by molar-refractivity contribution is 6.07. The fourth-order valence-corrected chi connectivity index (χ4v) is 1.65. The lowest BCUT2D eigenvalue weighted by molar-refractivity contribution is 0.104. The van der Waals surface area contributed by atoms with Crippen molar-refractivity contribution < 1.29 is 13.9 Å². The minimum absolute atomic E-state index is 0.150. The minimum atomic E-state index is -0.323. The van der Waals surface area contributed by atoms with Crippen LogP contribution in [0.25, 0.3) is 6.08 Å². The summed E-state index contributed by atoms with van der Waals surface area (Å²) >= 11 is 0. The molecule has 0 unspecified atom stereocenters. The molecule has 2 rings (SSSR count). The fourth-order valence-electron chi connectivity index (χ4n) is 1.65. The SMILES string of the molecule is COc1cccc(C(=O)/C=C/c2cccc(F)c2)c1. The van der Waals surface area contributed by atoms with Gasteiger partial charge in [0.05, 0.1) is 7.11 Å². The zero-order chi connectivity index (χ0) is 13.7. The van der Waals surface area contributed by atoms with Gasteiger partial charge in [-0.25, -0.2) is 4.39 Å². The van der Waals surface area contributed by atoms with Crippen molar-refractivity contribution in [1.82, 2.24) is 0 Å². The van der Waals surface area contributed by atoms with E-state index in [1.165, 1.54) is 18.2 Å². The molecule has 0 aromatic heterocycles. The Hall–Kier alpha value is -2.42. The molecule has 0 radical (unpaired) electrons. The molecule has 0 aliphatic rings. The van der Waals surface area contributed by atoms with Crippen molar-refractivity contribution in [3.8, 4) is 5.75 Å². The van der Waals surface area contributed by atoms with E-state index in [2.05, 4.69) is 0 Å². The van der Waals surface area contributed by atoms with E-state index in [4.69, 9.17) is 4.74 Å². The Labute approximate surface area is 111 Å². The van der Waals surface area contributed by atoms with Crippen LogP contribution in [0.5, 0.6) is 5.75 Å². The summed E-state index contributed by atoms with van der Waals surface area (Å²) in [6, 6.07) is 13.0. The van der Waals surface area contributed by atoms with Crippen LogP contribution in [0.3, 0.4) is 0 Å². The molecule has 0 saturated heterocycles. The first-order valence-corrected chi connectivity index (χ1v) is 5.81. The highest BCUT2D eigenvalue weighted by Gasteiger charge is 2.02. The molecule has 0 N–H and O–H groups in total. The molecular weight excluding hydrogens is 243 g/mol. The van der Waals surface area contributed by atoms with Crippen LogP contribution in [0.15, 0.2) is 54.6 Å². The Morgan fingerprint density at radius 1 is 1.16 bits per heavy atom. The summed E-state index contributed by atoms with van der Waals surface area (Å²) < 4.78 is 18.0. The van der Waals surface area contributed by atoms with Gasteiger partial charge < -0.3 is 4.74 Å². The Morgan fingerprint density at radius 2 is 1.95 bits per heavy atom. The molecule has 0 bridgehead atoms. The van der Waals surface area contributed by atoms with Crippen molar-refractivity contribution in [3.05, 3.63) is 71.6 Å². The third-order valence-corrected chi connectivity index (χ3v) is 2.63. The summed E-state index contributed by atoms with van der Waals surface area (Å²) in [4.78, 5) is 11.9. The molecule has 0 spiro atoms. The number of hydrogen-bond acceptors (Lipinski definition) is 2. The van der Waals surface area contributed by atoms with E-state index in [0.29, 0.717) is 16.9 Å². The zero-order valence-corrected chi connectivity index (χ0v) is 10.5. The van der Waals surface area contributed by atoms with Crippen molar-refractivity contribution >= 4 is 11.9 Å². The molecule has 0 fully saturated rings. The number of hydrogen-bond donors (Lipinski definition) is 0. The standard InChI is InChI=1S/C16H13FO2/c1-19-15-7-3-5-13(11-15)16(18)9-8-12-4-2-6-14(17)10-12/h2-11H,1H3/b9-8+. The molecule has 0 saturated carbocycles. The van der Waals surface area contributed by atoms with Gasteiger partial charge in [0.25, 0.3) is 0 Å². The molecule has 19 heavy (non-hydrogen) atoms. The Kier molecular flexibility index (Phi) is 4.08. The van der Waals surface area contributed by atoms with Crippen molar-refractivity contribution in [2.24, 2.45) is 0 Å². The lowest BCUT2D eigenvalue weighted by atomic mass is 10.1. The van der Waals surface area contributed by atoms with Gasteiger partial charge in [-0.3, -0.25) is 4.79 Å². The monoisotopic (exact) mass is 256 g/mol. The number of carbonyl (C=O) groups excluding carboxylic acids is 1. The predicted octanol–water partition coefficient (Wildman–Crippen LogP) is 3.73. The van der Waals surface area contributed by atoms with Gasteiger partial charge in [0, 0.05) is 5.56 Å². The molecule has 0 aliphatic carbocycles. The first kappa shape index (κ1) is 13.0. The quantitative estimate of drug-likeness (QED) is 0.615.